The average molecular weight is 345 g/mol. The summed E-state index contributed by atoms with van der Waals surface area (Å²) in [6.07, 6.45) is 5.31. The normalized spacial score (nSPS) is 13.3. The van der Waals surface area contributed by atoms with Gasteiger partial charge in [-0.1, -0.05) is 11.6 Å². The van der Waals surface area contributed by atoms with Gasteiger partial charge in [-0.3, -0.25) is 4.98 Å². The number of nitrogens with zero attached hydrogens (tertiary/aromatic N) is 2. The molecule has 0 aromatic carbocycles. The van der Waals surface area contributed by atoms with Gasteiger partial charge in [0, 0.05) is 30.2 Å². The Morgan fingerprint density at radius 2 is 2.04 bits per heavy atom. The molecule has 116 valence electrons. The molecule has 4 heterocycles. The van der Waals surface area contributed by atoms with Crippen LogP contribution in [-0.2, 0) is 13.0 Å². The summed E-state index contributed by atoms with van der Waals surface area (Å²) in [5.41, 5.74) is 3.94. The summed E-state index contributed by atoms with van der Waals surface area (Å²) in [6, 6.07) is 7.45. The molecule has 23 heavy (non-hydrogen) atoms. The Morgan fingerprint density at radius 1 is 1.26 bits per heavy atom. The van der Waals surface area contributed by atoms with E-state index < -0.39 is 5.97 Å². The van der Waals surface area contributed by atoms with Gasteiger partial charge in [0.2, 0.25) is 0 Å². The summed E-state index contributed by atoms with van der Waals surface area (Å²) in [7, 11) is 0. The van der Waals surface area contributed by atoms with E-state index in [2.05, 4.69) is 9.55 Å². The summed E-state index contributed by atoms with van der Waals surface area (Å²) in [6.45, 7) is 0.839. The Morgan fingerprint density at radius 3 is 2.70 bits per heavy atom. The van der Waals surface area contributed by atoms with Gasteiger partial charge in [0.15, 0.2) is 0 Å². The largest absolute Gasteiger partial charge is 0.478 e. The third kappa shape index (κ3) is 2.28. The van der Waals surface area contributed by atoms with Gasteiger partial charge in [-0.15, -0.1) is 11.3 Å². The second kappa shape index (κ2) is 5.51. The van der Waals surface area contributed by atoms with Gasteiger partial charge in [-0.05, 0) is 42.7 Å². The van der Waals surface area contributed by atoms with E-state index in [0.29, 0.717) is 9.90 Å². The van der Waals surface area contributed by atoms with Crippen LogP contribution in [0.5, 0.6) is 0 Å². The maximum Gasteiger partial charge on any atom is 0.338 e. The highest BCUT2D eigenvalue weighted by atomic mass is 35.5. The Bertz CT molecular complexity index is 899. The molecule has 4 nitrogen and oxygen atoms in total. The lowest BCUT2D eigenvalue weighted by Gasteiger charge is -2.05. The summed E-state index contributed by atoms with van der Waals surface area (Å²) in [5, 5.41) is 9.88. The van der Waals surface area contributed by atoms with Crippen LogP contribution in [0.4, 0.5) is 0 Å². The van der Waals surface area contributed by atoms with Gasteiger partial charge in [-0.25, -0.2) is 4.79 Å². The van der Waals surface area contributed by atoms with Crippen LogP contribution < -0.4 is 0 Å². The first-order chi connectivity index (χ1) is 11.2. The van der Waals surface area contributed by atoms with Crippen molar-refractivity contribution in [3.63, 3.8) is 0 Å². The number of hydrogen-bond donors (Lipinski definition) is 1. The molecular weight excluding hydrogens is 332 g/mol. The minimum atomic E-state index is -0.904. The predicted octanol–water partition coefficient (Wildman–Crippen LogP) is 4.58. The molecule has 4 rings (SSSR count). The van der Waals surface area contributed by atoms with Crippen molar-refractivity contribution in [3.8, 4) is 21.7 Å². The second-order valence-electron chi connectivity index (χ2n) is 5.45. The maximum atomic E-state index is 12.0. The third-order valence-electron chi connectivity index (χ3n) is 4.16. The van der Waals surface area contributed by atoms with Gasteiger partial charge in [0.25, 0.3) is 0 Å². The Hall–Kier alpha value is -2.11. The number of carboxylic acids is 1. The first-order valence-corrected chi connectivity index (χ1v) is 8.51. The number of aromatic carboxylic acids is 1. The van der Waals surface area contributed by atoms with Crippen molar-refractivity contribution < 1.29 is 9.90 Å². The van der Waals surface area contributed by atoms with Crippen molar-refractivity contribution >= 4 is 28.9 Å². The van der Waals surface area contributed by atoms with E-state index in [4.69, 9.17) is 11.6 Å². The van der Waals surface area contributed by atoms with Crippen molar-refractivity contribution in [1.82, 2.24) is 9.55 Å². The highest BCUT2D eigenvalue weighted by Gasteiger charge is 2.31. The lowest BCUT2D eigenvalue weighted by molar-refractivity contribution is 0.0698. The van der Waals surface area contributed by atoms with Crippen molar-refractivity contribution in [1.29, 1.82) is 0 Å². The van der Waals surface area contributed by atoms with E-state index in [0.717, 1.165) is 46.8 Å². The first kappa shape index (κ1) is 14.5. The molecule has 1 aliphatic heterocycles. The molecule has 1 aliphatic rings. The third-order valence-corrected chi connectivity index (χ3v) is 5.39. The van der Waals surface area contributed by atoms with Crippen LogP contribution in [-0.4, -0.2) is 20.6 Å². The fourth-order valence-corrected chi connectivity index (χ4v) is 4.42. The molecule has 0 radical (unpaired) electrons. The van der Waals surface area contributed by atoms with Crippen LogP contribution in [0.2, 0.25) is 4.34 Å². The molecule has 0 atom stereocenters. The summed E-state index contributed by atoms with van der Waals surface area (Å²) >= 11 is 7.49. The number of rotatable bonds is 3. The average Bonchev–Trinajstić information content (AvgIpc) is 3.22. The summed E-state index contributed by atoms with van der Waals surface area (Å²) in [5.74, 6) is -0.904. The molecule has 0 amide bonds. The molecule has 0 aliphatic carbocycles. The molecule has 0 saturated carbocycles. The zero-order valence-corrected chi connectivity index (χ0v) is 13.7. The minimum Gasteiger partial charge on any atom is -0.478 e. The van der Waals surface area contributed by atoms with Crippen molar-refractivity contribution in [2.24, 2.45) is 0 Å². The van der Waals surface area contributed by atoms with Crippen LogP contribution in [0.15, 0.2) is 36.7 Å². The molecular formula is C17H13ClN2O2S. The lowest BCUT2D eigenvalue weighted by Crippen LogP contribution is -2.02. The standard InChI is InChI=1S/C17H13ClN2O2S/c18-13-4-3-12(23-13)16-15(17(21)22)14(10-5-7-19-8-6-10)11-2-1-9-20(11)16/h3-8H,1-2,9H2,(H,21,22). The molecule has 0 fully saturated rings. The Labute approximate surface area is 142 Å². The SMILES string of the molecule is O=C(O)c1c(-c2ccncc2)c2n(c1-c1ccc(Cl)s1)CCC2. The van der Waals surface area contributed by atoms with Crippen LogP contribution in [0, 0.1) is 0 Å². The van der Waals surface area contributed by atoms with E-state index in [1.165, 1.54) is 11.3 Å². The van der Waals surface area contributed by atoms with Crippen LogP contribution in [0.25, 0.3) is 21.7 Å². The maximum absolute atomic E-state index is 12.0. The van der Waals surface area contributed by atoms with E-state index in [1.807, 2.05) is 24.3 Å². The first-order valence-electron chi connectivity index (χ1n) is 7.31. The smallest absolute Gasteiger partial charge is 0.338 e. The molecule has 0 bridgehead atoms. The molecule has 3 aromatic rings. The van der Waals surface area contributed by atoms with E-state index >= 15 is 0 Å². The number of thiophene rings is 1. The van der Waals surface area contributed by atoms with E-state index in [9.17, 15) is 9.90 Å². The highest BCUT2D eigenvalue weighted by molar-refractivity contribution is 7.19. The van der Waals surface area contributed by atoms with Crippen molar-refractivity contribution in [2.75, 3.05) is 0 Å². The van der Waals surface area contributed by atoms with Crippen molar-refractivity contribution in [2.45, 2.75) is 19.4 Å². The number of carbonyl (C=O) groups is 1. The monoisotopic (exact) mass is 344 g/mol. The fraction of sp³-hybridized carbons (Fsp3) is 0.176. The molecule has 0 unspecified atom stereocenters. The van der Waals surface area contributed by atoms with Crippen LogP contribution >= 0.6 is 22.9 Å². The fourth-order valence-electron chi connectivity index (χ4n) is 3.31. The molecule has 3 aromatic heterocycles. The number of aromatic nitrogens is 2. The number of hydrogen-bond acceptors (Lipinski definition) is 3. The van der Waals surface area contributed by atoms with Gasteiger partial charge >= 0.3 is 5.97 Å². The van der Waals surface area contributed by atoms with Crippen LogP contribution in [0.1, 0.15) is 22.5 Å². The number of pyridine rings is 1. The Kier molecular flexibility index (Phi) is 3.47. The van der Waals surface area contributed by atoms with Gasteiger partial charge < -0.3 is 9.67 Å². The zero-order chi connectivity index (χ0) is 16.0. The van der Waals surface area contributed by atoms with Gasteiger partial charge in [0.05, 0.1) is 20.5 Å². The minimum absolute atomic E-state index is 0.365. The number of fused-ring (bicyclic) bond motifs is 1. The zero-order valence-electron chi connectivity index (χ0n) is 12.1. The molecule has 0 saturated heterocycles. The Balaban J connectivity index is 2.06. The molecule has 1 N–H and O–H groups in total. The highest BCUT2D eigenvalue weighted by Crippen LogP contribution is 2.43. The van der Waals surface area contributed by atoms with E-state index in [-0.39, 0.29) is 0 Å². The van der Waals surface area contributed by atoms with Crippen LogP contribution in [0.3, 0.4) is 0 Å². The van der Waals surface area contributed by atoms with Gasteiger partial charge in [-0.2, -0.15) is 0 Å². The van der Waals surface area contributed by atoms with Crippen molar-refractivity contribution in [3.05, 3.63) is 52.3 Å². The topological polar surface area (TPSA) is 55.1 Å². The second-order valence-corrected chi connectivity index (χ2v) is 7.16. The van der Waals surface area contributed by atoms with E-state index in [1.54, 1.807) is 12.4 Å². The quantitative estimate of drug-likeness (QED) is 0.756. The van der Waals surface area contributed by atoms with Gasteiger partial charge in [0.1, 0.15) is 0 Å². The number of carboxylic acid groups (broad SMARTS) is 1. The lowest BCUT2D eigenvalue weighted by atomic mass is 9.99. The summed E-state index contributed by atoms with van der Waals surface area (Å²) < 4.78 is 2.80. The molecule has 0 spiro atoms. The number of halogens is 1. The summed E-state index contributed by atoms with van der Waals surface area (Å²) in [4.78, 5) is 17.0. The predicted molar refractivity (Wildman–Crippen MR) is 91.3 cm³/mol. The molecule has 6 heteroatoms.